The molecule has 0 radical (unpaired) electrons. The molecule has 1 heterocycles. The van der Waals surface area contributed by atoms with E-state index >= 15 is 0 Å². The molecular formula is C19H21N3O3S2. The number of hydrogen-bond acceptors (Lipinski definition) is 5. The fourth-order valence-electron chi connectivity index (χ4n) is 2.94. The van der Waals surface area contributed by atoms with Gasteiger partial charge in [-0.05, 0) is 56.0 Å². The summed E-state index contributed by atoms with van der Waals surface area (Å²) in [4.78, 5) is 15.6. The van der Waals surface area contributed by atoms with Crippen molar-refractivity contribution in [3.8, 4) is 0 Å². The second-order valence-electron chi connectivity index (χ2n) is 6.13. The molecule has 0 spiro atoms. The van der Waals surface area contributed by atoms with Crippen LogP contribution >= 0.6 is 11.8 Å². The summed E-state index contributed by atoms with van der Waals surface area (Å²) in [5.74, 6) is 0.0787. The zero-order valence-electron chi connectivity index (χ0n) is 15.4. The number of rotatable bonds is 5. The molecule has 0 aromatic heterocycles. The Morgan fingerprint density at radius 3 is 2.70 bits per heavy atom. The SMILES string of the molecule is CCCN1C(C)=NS(=O)(=O)c2cc(C(=O)Nc3cccc(SC)c3)ccc21. The molecule has 0 fully saturated rings. The largest absolute Gasteiger partial charge is 0.328 e. The molecule has 3 rings (SSSR count). The third kappa shape index (κ3) is 4.01. The van der Waals surface area contributed by atoms with E-state index in [0.717, 1.165) is 11.3 Å². The molecule has 2 aromatic carbocycles. The molecule has 142 valence electrons. The number of sulfonamides is 1. The smallest absolute Gasteiger partial charge is 0.286 e. The Hall–Kier alpha value is -2.32. The maximum atomic E-state index is 12.6. The van der Waals surface area contributed by atoms with E-state index in [1.807, 2.05) is 36.3 Å². The van der Waals surface area contributed by atoms with Gasteiger partial charge in [0.15, 0.2) is 0 Å². The van der Waals surface area contributed by atoms with Crippen LogP contribution in [0, 0.1) is 0 Å². The van der Waals surface area contributed by atoms with Crippen LogP contribution < -0.4 is 10.2 Å². The summed E-state index contributed by atoms with van der Waals surface area (Å²) in [7, 11) is -3.82. The highest BCUT2D eigenvalue weighted by Crippen LogP contribution is 2.33. The van der Waals surface area contributed by atoms with Crippen molar-refractivity contribution >= 4 is 44.9 Å². The van der Waals surface area contributed by atoms with Crippen LogP contribution in [0.2, 0.25) is 0 Å². The molecule has 1 aliphatic heterocycles. The zero-order chi connectivity index (χ0) is 19.6. The first-order chi connectivity index (χ1) is 12.9. The van der Waals surface area contributed by atoms with Gasteiger partial charge in [-0.1, -0.05) is 13.0 Å². The average molecular weight is 404 g/mol. The van der Waals surface area contributed by atoms with Crippen LogP contribution in [0.15, 0.2) is 56.7 Å². The van der Waals surface area contributed by atoms with E-state index in [2.05, 4.69) is 9.71 Å². The van der Waals surface area contributed by atoms with Gasteiger partial charge in [0, 0.05) is 22.7 Å². The maximum Gasteiger partial charge on any atom is 0.286 e. The van der Waals surface area contributed by atoms with Crippen LogP contribution in [0.4, 0.5) is 11.4 Å². The number of nitrogens with one attached hydrogen (secondary N) is 1. The number of benzene rings is 2. The summed E-state index contributed by atoms with van der Waals surface area (Å²) in [6.07, 6.45) is 2.81. The van der Waals surface area contributed by atoms with E-state index in [1.165, 1.54) is 6.07 Å². The lowest BCUT2D eigenvalue weighted by Crippen LogP contribution is -2.34. The van der Waals surface area contributed by atoms with Gasteiger partial charge < -0.3 is 10.2 Å². The maximum absolute atomic E-state index is 12.6. The Labute approximate surface area is 163 Å². The minimum Gasteiger partial charge on any atom is -0.328 e. The van der Waals surface area contributed by atoms with Gasteiger partial charge in [0.05, 0.1) is 5.69 Å². The van der Waals surface area contributed by atoms with Gasteiger partial charge in [-0.25, -0.2) is 0 Å². The number of carbonyl (C=O) groups excluding carboxylic acids is 1. The Morgan fingerprint density at radius 2 is 2.00 bits per heavy atom. The van der Waals surface area contributed by atoms with Crippen molar-refractivity contribution < 1.29 is 13.2 Å². The first-order valence-electron chi connectivity index (χ1n) is 8.54. The van der Waals surface area contributed by atoms with Gasteiger partial charge in [-0.2, -0.15) is 8.42 Å². The van der Waals surface area contributed by atoms with Crippen molar-refractivity contribution in [1.29, 1.82) is 0 Å². The molecule has 2 aromatic rings. The highest BCUT2D eigenvalue weighted by Gasteiger charge is 2.29. The molecule has 27 heavy (non-hydrogen) atoms. The van der Waals surface area contributed by atoms with Crippen LogP contribution in [-0.2, 0) is 10.0 Å². The molecule has 0 unspecified atom stereocenters. The van der Waals surface area contributed by atoms with Crippen molar-refractivity contribution in [3.63, 3.8) is 0 Å². The van der Waals surface area contributed by atoms with E-state index < -0.39 is 10.0 Å². The van der Waals surface area contributed by atoms with Crippen molar-refractivity contribution in [2.45, 2.75) is 30.1 Å². The molecule has 0 atom stereocenters. The molecule has 0 aliphatic carbocycles. The van der Waals surface area contributed by atoms with Crippen LogP contribution in [0.25, 0.3) is 0 Å². The number of nitrogens with zero attached hydrogens (tertiary/aromatic N) is 2. The fourth-order valence-corrected chi connectivity index (χ4v) is 4.66. The third-order valence-electron chi connectivity index (χ3n) is 4.21. The van der Waals surface area contributed by atoms with E-state index in [0.29, 0.717) is 23.8 Å². The van der Waals surface area contributed by atoms with Gasteiger partial charge in [-0.15, -0.1) is 16.2 Å². The second kappa shape index (κ2) is 7.74. The Morgan fingerprint density at radius 1 is 1.22 bits per heavy atom. The monoisotopic (exact) mass is 403 g/mol. The van der Waals surface area contributed by atoms with Gasteiger partial charge in [-0.3, -0.25) is 4.79 Å². The lowest BCUT2D eigenvalue weighted by molar-refractivity contribution is 0.102. The quantitative estimate of drug-likeness (QED) is 0.764. The molecule has 1 aliphatic rings. The normalized spacial score (nSPS) is 15.1. The molecule has 6 nitrogen and oxygen atoms in total. The van der Waals surface area contributed by atoms with E-state index in [9.17, 15) is 13.2 Å². The van der Waals surface area contributed by atoms with Crippen molar-refractivity contribution in [2.24, 2.45) is 4.40 Å². The minimum atomic E-state index is -3.82. The number of amides is 1. The topological polar surface area (TPSA) is 78.8 Å². The second-order valence-corrected chi connectivity index (χ2v) is 8.59. The van der Waals surface area contributed by atoms with Gasteiger partial charge in [0.25, 0.3) is 15.9 Å². The average Bonchev–Trinajstić information content (AvgIpc) is 2.64. The summed E-state index contributed by atoms with van der Waals surface area (Å²) in [5, 5.41) is 2.82. The van der Waals surface area contributed by atoms with E-state index in [4.69, 9.17) is 0 Å². The van der Waals surface area contributed by atoms with Crippen molar-refractivity contribution in [1.82, 2.24) is 0 Å². The van der Waals surface area contributed by atoms with Crippen molar-refractivity contribution in [2.75, 3.05) is 23.0 Å². The number of carbonyl (C=O) groups is 1. The first-order valence-corrected chi connectivity index (χ1v) is 11.2. The highest BCUT2D eigenvalue weighted by atomic mass is 32.2. The molecule has 0 saturated carbocycles. The molecule has 8 heteroatoms. The van der Waals surface area contributed by atoms with Gasteiger partial charge >= 0.3 is 0 Å². The van der Waals surface area contributed by atoms with Crippen LogP contribution in [0.3, 0.4) is 0 Å². The summed E-state index contributed by atoms with van der Waals surface area (Å²) in [6.45, 7) is 4.35. The summed E-state index contributed by atoms with van der Waals surface area (Å²) >= 11 is 1.58. The van der Waals surface area contributed by atoms with E-state index in [-0.39, 0.29) is 16.4 Å². The lowest BCUT2D eigenvalue weighted by atomic mass is 10.1. The molecule has 1 amide bonds. The first kappa shape index (κ1) is 19.4. The fraction of sp³-hybridized carbons (Fsp3) is 0.263. The lowest BCUT2D eigenvalue weighted by Gasteiger charge is -2.29. The van der Waals surface area contributed by atoms with Gasteiger partial charge in [0.2, 0.25) is 0 Å². The molecule has 0 saturated heterocycles. The predicted octanol–water partition coefficient (Wildman–Crippen LogP) is 4.00. The van der Waals surface area contributed by atoms with Crippen LogP contribution in [0.1, 0.15) is 30.6 Å². The molecule has 0 bridgehead atoms. The van der Waals surface area contributed by atoms with Crippen LogP contribution in [-0.4, -0.2) is 33.0 Å². The number of amidine groups is 1. The third-order valence-corrected chi connectivity index (χ3v) is 6.32. The number of fused-ring (bicyclic) bond motifs is 1. The Bertz CT molecular complexity index is 1020. The summed E-state index contributed by atoms with van der Waals surface area (Å²) in [5.41, 5.74) is 1.50. The number of thioether (sulfide) groups is 1. The Kier molecular flexibility index (Phi) is 5.57. The van der Waals surface area contributed by atoms with Gasteiger partial charge in [0.1, 0.15) is 10.7 Å². The zero-order valence-corrected chi connectivity index (χ0v) is 17.0. The number of anilines is 2. The highest BCUT2D eigenvalue weighted by molar-refractivity contribution is 7.98. The van der Waals surface area contributed by atoms with Crippen LogP contribution in [0.5, 0.6) is 0 Å². The van der Waals surface area contributed by atoms with E-state index in [1.54, 1.807) is 36.9 Å². The summed E-state index contributed by atoms with van der Waals surface area (Å²) in [6, 6.07) is 12.2. The number of hydrogen-bond donors (Lipinski definition) is 1. The summed E-state index contributed by atoms with van der Waals surface area (Å²) < 4.78 is 28.8. The van der Waals surface area contributed by atoms with Crippen molar-refractivity contribution in [3.05, 3.63) is 48.0 Å². The molecular weight excluding hydrogens is 382 g/mol. The minimum absolute atomic E-state index is 0.0621. The Balaban J connectivity index is 1.95. The standard InChI is InChI=1S/C19H21N3O3S2/c1-4-10-22-13(2)21-27(24,25)18-11-14(8-9-17(18)22)19(23)20-15-6-5-7-16(12-15)26-3/h5-9,11-12H,4,10H2,1-3H3,(H,20,23). The predicted molar refractivity (Wildman–Crippen MR) is 111 cm³/mol. The molecule has 1 N–H and O–H groups in total.